The number of amides is 4. The Hall–Kier alpha value is -3.56. The zero-order valence-electron chi connectivity index (χ0n) is 23.2. The van der Waals surface area contributed by atoms with Crippen molar-refractivity contribution in [3.05, 3.63) is 76.1 Å². The van der Waals surface area contributed by atoms with E-state index in [0.29, 0.717) is 48.0 Å². The number of benzene rings is 1. The molecule has 3 rings (SSSR count). The number of hydrogen-bond acceptors (Lipinski definition) is 4. The fourth-order valence-corrected chi connectivity index (χ4v) is 4.78. The van der Waals surface area contributed by atoms with Gasteiger partial charge >= 0.3 is 6.03 Å². The first-order chi connectivity index (χ1) is 18.7. The van der Waals surface area contributed by atoms with E-state index in [1.165, 1.54) is 0 Å². The van der Waals surface area contributed by atoms with E-state index in [1.54, 1.807) is 41.1 Å². The largest absolute Gasteiger partial charge is 0.365 e. The molecule has 9 nitrogen and oxygen atoms in total. The molecule has 10 heteroatoms. The number of nitrogens with two attached hydrogens (primary N) is 1. The Morgan fingerprint density at radius 1 is 1.05 bits per heavy atom. The summed E-state index contributed by atoms with van der Waals surface area (Å²) in [5.74, 6) is -0.684. The first-order valence-corrected chi connectivity index (χ1v) is 13.7. The predicted octanol–water partition coefficient (Wildman–Crippen LogP) is 4.38. The fraction of sp³-hybridized carbons (Fsp3) is 0.414. The van der Waals surface area contributed by atoms with Crippen LogP contribution in [0.4, 0.5) is 10.5 Å². The molecule has 4 amide bonds. The molecule has 2 aromatic rings. The van der Waals surface area contributed by atoms with Gasteiger partial charge in [0.2, 0.25) is 0 Å². The summed E-state index contributed by atoms with van der Waals surface area (Å²) in [6.07, 6.45) is 9.46. The third-order valence-corrected chi connectivity index (χ3v) is 7.30. The van der Waals surface area contributed by atoms with Crippen molar-refractivity contribution in [3.63, 3.8) is 0 Å². The Bertz CT molecular complexity index is 1230. The summed E-state index contributed by atoms with van der Waals surface area (Å²) < 4.78 is 2.00. The van der Waals surface area contributed by atoms with Gasteiger partial charge in [-0.1, -0.05) is 49.8 Å². The number of hydrogen-bond donors (Lipinski definition) is 2. The van der Waals surface area contributed by atoms with E-state index in [2.05, 4.69) is 24.1 Å². The summed E-state index contributed by atoms with van der Waals surface area (Å²) in [4.78, 5) is 43.5. The van der Waals surface area contributed by atoms with Gasteiger partial charge in [0.15, 0.2) is 0 Å². The molecule has 0 saturated heterocycles. The van der Waals surface area contributed by atoms with Crippen molar-refractivity contribution in [2.75, 3.05) is 45.6 Å². The van der Waals surface area contributed by atoms with Gasteiger partial charge in [-0.05, 0) is 44.3 Å². The molecule has 0 saturated carbocycles. The Morgan fingerprint density at radius 2 is 1.74 bits per heavy atom. The quantitative estimate of drug-likeness (QED) is 0.402. The number of carbonyl (C=O) groups excluding carboxylic acids is 3. The smallest absolute Gasteiger partial charge is 0.322 e. The maximum Gasteiger partial charge on any atom is 0.322 e. The highest BCUT2D eigenvalue weighted by Crippen LogP contribution is 2.32. The summed E-state index contributed by atoms with van der Waals surface area (Å²) in [7, 11) is 3.80. The van der Waals surface area contributed by atoms with E-state index in [0.717, 1.165) is 25.2 Å². The molecule has 2 heterocycles. The van der Waals surface area contributed by atoms with Gasteiger partial charge in [-0.3, -0.25) is 9.59 Å². The van der Waals surface area contributed by atoms with Gasteiger partial charge in [0, 0.05) is 56.6 Å². The van der Waals surface area contributed by atoms with Gasteiger partial charge < -0.3 is 30.3 Å². The topological polar surface area (TPSA) is 104 Å². The van der Waals surface area contributed by atoms with Gasteiger partial charge in [-0.25, -0.2) is 4.79 Å². The Morgan fingerprint density at radius 3 is 2.38 bits per heavy atom. The van der Waals surface area contributed by atoms with Crippen LogP contribution in [0.5, 0.6) is 0 Å². The number of fused-ring (bicyclic) bond motifs is 1. The number of aromatic nitrogens is 1. The lowest BCUT2D eigenvalue weighted by Crippen LogP contribution is -2.41. The maximum absolute atomic E-state index is 13.1. The Kier molecular flexibility index (Phi) is 10.8. The van der Waals surface area contributed by atoms with Crippen LogP contribution in [0.25, 0.3) is 0 Å². The average Bonchev–Trinajstić information content (AvgIpc) is 3.21. The van der Waals surface area contributed by atoms with Crippen LogP contribution in [0.1, 0.15) is 52.4 Å². The molecule has 0 atom stereocenters. The van der Waals surface area contributed by atoms with E-state index in [-0.39, 0.29) is 24.0 Å². The lowest BCUT2D eigenvalue weighted by Gasteiger charge is -2.30. The van der Waals surface area contributed by atoms with Crippen molar-refractivity contribution < 1.29 is 14.4 Å². The molecule has 39 heavy (non-hydrogen) atoms. The zero-order chi connectivity index (χ0) is 28.5. The first-order valence-electron chi connectivity index (χ1n) is 13.3. The Labute approximate surface area is 235 Å². The lowest BCUT2D eigenvalue weighted by atomic mass is 10.1. The molecular weight excluding hydrogens is 516 g/mol. The number of urea groups is 1. The standard InChI is InChI=1S/C29H39ClN6O3/c1-5-7-8-9-10-11-23-26(30)25(27(31)37)24-20-35(18-19-36(23)24)29(39)32-22-14-12-21(13-15-22)28(38)34(4)17-16-33(3)6-2/h7-10,12-15H,5-6,11,16-20H2,1-4H3,(H2,31,37)(H,32,39)/b8-7-,10-9-. The van der Waals surface area contributed by atoms with Crippen LogP contribution in [0.2, 0.25) is 5.02 Å². The summed E-state index contributed by atoms with van der Waals surface area (Å²) in [6, 6.07) is 6.54. The van der Waals surface area contributed by atoms with E-state index in [4.69, 9.17) is 17.3 Å². The second-order valence-corrected chi connectivity index (χ2v) is 10.00. The fourth-order valence-electron chi connectivity index (χ4n) is 4.40. The molecule has 210 valence electrons. The second-order valence-electron chi connectivity index (χ2n) is 9.62. The maximum atomic E-state index is 13.1. The Balaban J connectivity index is 1.67. The van der Waals surface area contributed by atoms with Crippen LogP contribution in [0.3, 0.4) is 0 Å². The van der Waals surface area contributed by atoms with Gasteiger partial charge in [0.25, 0.3) is 11.8 Å². The third kappa shape index (κ3) is 7.52. The molecule has 0 radical (unpaired) electrons. The molecule has 1 aromatic carbocycles. The van der Waals surface area contributed by atoms with Gasteiger partial charge in [0.1, 0.15) is 0 Å². The van der Waals surface area contributed by atoms with E-state index < -0.39 is 5.91 Å². The van der Waals surface area contributed by atoms with Crippen LogP contribution in [-0.4, -0.2) is 77.4 Å². The van der Waals surface area contributed by atoms with Crippen LogP contribution in [-0.2, 0) is 19.5 Å². The van der Waals surface area contributed by atoms with Crippen molar-refractivity contribution >= 4 is 35.1 Å². The van der Waals surface area contributed by atoms with Crippen molar-refractivity contribution in [1.82, 2.24) is 19.3 Å². The number of nitrogens with zero attached hydrogens (tertiary/aromatic N) is 4. The van der Waals surface area contributed by atoms with Gasteiger partial charge in [-0.2, -0.15) is 0 Å². The highest BCUT2D eigenvalue weighted by atomic mass is 35.5. The van der Waals surface area contributed by atoms with Crippen molar-refractivity contribution in [3.8, 4) is 0 Å². The molecule has 0 fully saturated rings. The van der Waals surface area contributed by atoms with Crippen molar-refractivity contribution in [1.29, 1.82) is 0 Å². The predicted molar refractivity (Wildman–Crippen MR) is 156 cm³/mol. The van der Waals surface area contributed by atoms with Crippen LogP contribution in [0.15, 0.2) is 48.6 Å². The summed E-state index contributed by atoms with van der Waals surface area (Å²) in [5.41, 5.74) is 8.52. The molecule has 3 N–H and O–H groups in total. The number of allylic oxidation sites excluding steroid dienone is 4. The third-order valence-electron chi connectivity index (χ3n) is 6.90. The lowest BCUT2D eigenvalue weighted by molar-refractivity contribution is 0.0783. The van der Waals surface area contributed by atoms with Gasteiger partial charge in [0.05, 0.1) is 22.8 Å². The van der Waals surface area contributed by atoms with Crippen LogP contribution < -0.4 is 11.1 Å². The molecule has 0 unspecified atom stereocenters. The van der Waals surface area contributed by atoms with Crippen molar-refractivity contribution in [2.24, 2.45) is 5.73 Å². The second kappa shape index (κ2) is 14.0. The molecule has 1 aromatic heterocycles. The minimum Gasteiger partial charge on any atom is -0.365 e. The molecule has 1 aliphatic heterocycles. The normalized spacial score (nSPS) is 13.3. The zero-order valence-corrected chi connectivity index (χ0v) is 24.0. The average molecular weight is 555 g/mol. The number of primary amides is 1. The highest BCUT2D eigenvalue weighted by Gasteiger charge is 2.30. The molecule has 0 spiro atoms. The first kappa shape index (κ1) is 30.0. The van der Waals surface area contributed by atoms with E-state index in [1.807, 2.05) is 35.9 Å². The number of nitrogens with one attached hydrogen (secondary N) is 1. The number of carbonyl (C=O) groups is 3. The number of anilines is 1. The van der Waals surface area contributed by atoms with E-state index >= 15 is 0 Å². The van der Waals surface area contributed by atoms with Crippen LogP contribution >= 0.6 is 11.6 Å². The number of likely N-dealkylation sites (N-methyl/N-ethyl adjacent to an activating group) is 2. The summed E-state index contributed by atoms with van der Waals surface area (Å²) in [6.45, 7) is 7.63. The monoisotopic (exact) mass is 554 g/mol. The number of halogens is 1. The minimum absolute atomic E-state index is 0.0722. The SMILES string of the molecule is CC/C=C\C=C/Cc1c(Cl)c(C(N)=O)c2n1CCN(C(=O)Nc1ccc(C(=O)N(C)CCN(C)CC)cc1)C2. The van der Waals surface area contributed by atoms with Gasteiger partial charge in [-0.15, -0.1) is 0 Å². The van der Waals surface area contributed by atoms with E-state index in [9.17, 15) is 14.4 Å². The molecule has 0 aliphatic carbocycles. The molecular formula is C29H39ClN6O3. The molecule has 0 bridgehead atoms. The highest BCUT2D eigenvalue weighted by molar-refractivity contribution is 6.34. The summed E-state index contributed by atoms with van der Waals surface area (Å²) >= 11 is 6.59. The van der Waals surface area contributed by atoms with Crippen LogP contribution in [0, 0.1) is 0 Å². The minimum atomic E-state index is -0.612. The summed E-state index contributed by atoms with van der Waals surface area (Å²) in [5, 5.41) is 3.23. The van der Waals surface area contributed by atoms with Crippen molar-refractivity contribution in [2.45, 2.75) is 39.8 Å². The number of rotatable bonds is 11. The molecule has 1 aliphatic rings.